The van der Waals surface area contributed by atoms with Crippen LogP contribution in [0.1, 0.15) is 62.5 Å². The average Bonchev–Trinajstić information content (AvgIpc) is 2.97. The van der Waals surface area contributed by atoms with Crippen molar-refractivity contribution in [3.63, 3.8) is 0 Å². The zero-order valence-electron chi connectivity index (χ0n) is 28.9. The van der Waals surface area contributed by atoms with Crippen LogP contribution in [0, 0.1) is 0 Å². The summed E-state index contributed by atoms with van der Waals surface area (Å²) >= 11 is 0. The van der Waals surface area contributed by atoms with Crippen LogP contribution < -0.4 is 9.47 Å². The molecule has 8 heteroatoms. The van der Waals surface area contributed by atoms with Crippen LogP contribution in [0.3, 0.4) is 0 Å². The maximum atomic E-state index is 11.7. The highest BCUT2D eigenvalue weighted by molar-refractivity contribution is 5.70. The van der Waals surface area contributed by atoms with Crippen LogP contribution >= 0.6 is 0 Å². The number of rotatable bonds is 19. The summed E-state index contributed by atoms with van der Waals surface area (Å²) in [5.41, 5.74) is 2.55. The predicted molar refractivity (Wildman–Crippen MR) is 180 cm³/mol. The Hall–Kier alpha value is -3.10. The van der Waals surface area contributed by atoms with Gasteiger partial charge in [0.1, 0.15) is 11.5 Å². The van der Waals surface area contributed by atoms with Crippen molar-refractivity contribution < 1.29 is 28.0 Å². The molecule has 0 aliphatic heterocycles. The molecule has 44 heavy (non-hydrogen) atoms. The second kappa shape index (κ2) is 18.6. The molecule has 2 rings (SSSR count). The van der Waals surface area contributed by atoms with Crippen molar-refractivity contribution >= 4 is 12.2 Å². The third-order valence-electron chi connectivity index (χ3n) is 8.28. The van der Waals surface area contributed by atoms with Gasteiger partial charge in [-0.3, -0.25) is 0 Å². The maximum absolute atomic E-state index is 11.7. The third-order valence-corrected chi connectivity index (χ3v) is 8.28. The lowest BCUT2D eigenvalue weighted by atomic mass is 10.1. The van der Waals surface area contributed by atoms with E-state index in [0.717, 1.165) is 34.9 Å². The van der Waals surface area contributed by atoms with Gasteiger partial charge >= 0.3 is 12.2 Å². The van der Waals surface area contributed by atoms with Gasteiger partial charge in [-0.05, 0) is 61.1 Å². The molecule has 0 saturated carbocycles. The molecule has 0 saturated heterocycles. The van der Waals surface area contributed by atoms with Gasteiger partial charge in [0, 0.05) is 41.0 Å². The molecule has 2 aromatic carbocycles. The molecule has 246 valence electrons. The fraction of sp³-hybridized carbons (Fsp3) is 0.611. The van der Waals surface area contributed by atoms with Crippen LogP contribution in [-0.4, -0.2) is 114 Å². The van der Waals surface area contributed by atoms with Crippen molar-refractivity contribution in [2.24, 2.45) is 0 Å². The quantitative estimate of drug-likeness (QED) is 0.128. The SMILES string of the molecule is CN(C)C(=O)Oc1ccc(CC[N+](C)(C)CCCCCCCCCC[N+](C)(C)CCc2ccc(OC(=O)N(C)C)cc2)cc1. The van der Waals surface area contributed by atoms with Crippen molar-refractivity contribution in [1.82, 2.24) is 9.80 Å². The Labute approximate surface area is 267 Å². The second-order valence-corrected chi connectivity index (χ2v) is 13.9. The van der Waals surface area contributed by atoms with Crippen molar-refractivity contribution in [3.8, 4) is 11.5 Å². The Morgan fingerprint density at radius 3 is 1.09 bits per heavy atom. The Bertz CT molecular complexity index is 1020. The summed E-state index contributed by atoms with van der Waals surface area (Å²) in [6.07, 6.45) is 11.9. The van der Waals surface area contributed by atoms with Gasteiger partial charge in [-0.25, -0.2) is 9.59 Å². The zero-order valence-corrected chi connectivity index (χ0v) is 28.9. The first kappa shape index (κ1) is 37.1. The molecule has 0 heterocycles. The summed E-state index contributed by atoms with van der Waals surface area (Å²) < 4.78 is 12.7. The molecule has 0 aliphatic rings. The van der Waals surface area contributed by atoms with Crippen molar-refractivity contribution in [2.75, 3.05) is 82.6 Å². The van der Waals surface area contributed by atoms with E-state index in [2.05, 4.69) is 52.5 Å². The van der Waals surface area contributed by atoms with Gasteiger partial charge in [0.2, 0.25) is 0 Å². The molecule has 0 fully saturated rings. The van der Waals surface area contributed by atoms with Crippen molar-refractivity contribution in [1.29, 1.82) is 0 Å². The van der Waals surface area contributed by atoms with Crippen LogP contribution in [0.5, 0.6) is 11.5 Å². The smallest absolute Gasteiger partial charge is 0.410 e. The van der Waals surface area contributed by atoms with Crippen LogP contribution in [0.25, 0.3) is 0 Å². The minimum absolute atomic E-state index is 0.353. The molecular weight excluding hydrogens is 552 g/mol. The molecule has 0 N–H and O–H groups in total. The number of carbonyl (C=O) groups is 2. The van der Waals surface area contributed by atoms with Gasteiger partial charge in [-0.1, -0.05) is 49.9 Å². The lowest BCUT2D eigenvalue weighted by Gasteiger charge is -2.30. The van der Waals surface area contributed by atoms with E-state index in [1.54, 1.807) is 28.2 Å². The number of unbranched alkanes of at least 4 members (excludes halogenated alkanes) is 7. The Morgan fingerprint density at radius 2 is 0.795 bits per heavy atom. The Kier molecular flexibility index (Phi) is 15.7. The van der Waals surface area contributed by atoms with Gasteiger partial charge in [0.15, 0.2) is 0 Å². The normalized spacial score (nSPS) is 11.7. The van der Waals surface area contributed by atoms with E-state index in [1.807, 2.05) is 24.3 Å². The third kappa shape index (κ3) is 15.6. The van der Waals surface area contributed by atoms with Gasteiger partial charge in [-0.2, -0.15) is 0 Å². The standard InChI is InChI=1S/C36H60N4O4/c1-37(2)35(41)43-33-21-17-31(18-22-33)25-29-39(5,6)27-15-13-11-9-10-12-14-16-28-40(7,8)30-26-32-19-23-34(24-20-32)44-36(42)38(3)4/h17-24H,9-16,25-30H2,1-8H3/q+2. The number of quaternary nitrogens is 2. The zero-order chi connectivity index (χ0) is 32.6. The van der Waals surface area contributed by atoms with Crippen molar-refractivity contribution in [3.05, 3.63) is 59.7 Å². The van der Waals surface area contributed by atoms with E-state index < -0.39 is 0 Å². The van der Waals surface area contributed by atoms with E-state index in [9.17, 15) is 9.59 Å². The topological polar surface area (TPSA) is 59.1 Å². The number of hydrogen-bond donors (Lipinski definition) is 0. The summed E-state index contributed by atoms with van der Waals surface area (Å²) in [5.74, 6) is 1.18. The number of benzene rings is 2. The number of hydrogen-bond acceptors (Lipinski definition) is 4. The lowest BCUT2D eigenvalue weighted by molar-refractivity contribution is -0.890. The Morgan fingerprint density at radius 1 is 0.500 bits per heavy atom. The highest BCUT2D eigenvalue weighted by Crippen LogP contribution is 2.17. The van der Waals surface area contributed by atoms with Crippen molar-refractivity contribution in [2.45, 2.75) is 64.2 Å². The number of carbonyl (C=O) groups excluding carboxylic acids is 2. The first-order chi connectivity index (χ1) is 20.8. The molecule has 8 nitrogen and oxygen atoms in total. The molecule has 0 aliphatic carbocycles. The van der Waals surface area contributed by atoms with E-state index in [4.69, 9.17) is 9.47 Å². The van der Waals surface area contributed by atoms with Gasteiger partial charge in [-0.15, -0.1) is 0 Å². The van der Waals surface area contributed by atoms with Crippen LogP contribution in [-0.2, 0) is 12.8 Å². The van der Waals surface area contributed by atoms with E-state index in [-0.39, 0.29) is 12.2 Å². The lowest BCUT2D eigenvalue weighted by Crippen LogP contribution is -2.42. The Balaban J connectivity index is 1.50. The first-order valence-corrected chi connectivity index (χ1v) is 16.4. The maximum Gasteiger partial charge on any atom is 0.414 e. The molecule has 0 spiro atoms. The number of likely N-dealkylation sites (N-methyl/N-ethyl adjacent to an activating group) is 2. The number of amides is 2. The largest absolute Gasteiger partial charge is 0.414 e. The molecule has 2 amide bonds. The summed E-state index contributed by atoms with van der Waals surface area (Å²) in [6, 6.07) is 15.8. The van der Waals surface area contributed by atoms with E-state index in [1.165, 1.54) is 85.4 Å². The first-order valence-electron chi connectivity index (χ1n) is 16.4. The second-order valence-electron chi connectivity index (χ2n) is 13.9. The molecule has 2 aromatic rings. The molecule has 0 bridgehead atoms. The minimum atomic E-state index is -0.353. The van der Waals surface area contributed by atoms with E-state index >= 15 is 0 Å². The fourth-order valence-corrected chi connectivity index (χ4v) is 5.06. The fourth-order valence-electron chi connectivity index (χ4n) is 5.06. The molecule has 0 aromatic heterocycles. The predicted octanol–water partition coefficient (Wildman–Crippen LogP) is 6.87. The molecule has 0 unspecified atom stereocenters. The monoisotopic (exact) mass is 612 g/mol. The van der Waals surface area contributed by atoms with Crippen LogP contribution in [0.15, 0.2) is 48.5 Å². The molecule has 0 atom stereocenters. The minimum Gasteiger partial charge on any atom is -0.410 e. The van der Waals surface area contributed by atoms with E-state index in [0.29, 0.717) is 11.5 Å². The summed E-state index contributed by atoms with van der Waals surface area (Å²) in [5, 5.41) is 0. The number of nitrogens with zero attached hydrogens (tertiary/aromatic N) is 4. The number of ether oxygens (including phenoxy) is 2. The molecule has 0 radical (unpaired) electrons. The molecular formula is C36H60N4O4+2. The van der Waals surface area contributed by atoms with Crippen LogP contribution in [0.2, 0.25) is 0 Å². The van der Waals surface area contributed by atoms with Crippen LogP contribution in [0.4, 0.5) is 9.59 Å². The summed E-state index contributed by atoms with van der Waals surface area (Å²) in [6.45, 7) is 4.62. The highest BCUT2D eigenvalue weighted by atomic mass is 16.6. The van der Waals surface area contributed by atoms with Gasteiger partial charge in [0.05, 0.1) is 54.4 Å². The summed E-state index contributed by atoms with van der Waals surface area (Å²) in [7, 11) is 16.0. The van der Waals surface area contributed by atoms with Gasteiger partial charge in [0.25, 0.3) is 0 Å². The summed E-state index contributed by atoms with van der Waals surface area (Å²) in [4.78, 5) is 26.3. The highest BCUT2D eigenvalue weighted by Gasteiger charge is 2.16. The van der Waals surface area contributed by atoms with Gasteiger partial charge < -0.3 is 28.2 Å². The average molecular weight is 613 g/mol.